The van der Waals surface area contributed by atoms with E-state index in [9.17, 15) is 4.79 Å². The maximum atomic E-state index is 9.86. The fourth-order valence-electron chi connectivity index (χ4n) is 0.206. The summed E-state index contributed by atoms with van der Waals surface area (Å²) in [4.78, 5) is 9.86. The van der Waals surface area contributed by atoms with E-state index >= 15 is 0 Å². The van der Waals surface area contributed by atoms with Crippen molar-refractivity contribution in [3.8, 4) is 0 Å². The summed E-state index contributed by atoms with van der Waals surface area (Å²) >= 11 is 0. The van der Waals surface area contributed by atoms with Gasteiger partial charge in [0.05, 0.1) is 6.10 Å². The zero-order valence-electron chi connectivity index (χ0n) is 6.53. The minimum atomic E-state index is -1.18. The van der Waals surface area contributed by atoms with Crippen molar-refractivity contribution in [2.75, 3.05) is 0 Å². The Morgan fingerprint density at radius 2 is 2.11 bits per heavy atom. The molecule has 0 spiro atoms. The van der Waals surface area contributed by atoms with Gasteiger partial charge in [-0.2, -0.15) is 0 Å². The molecule has 2 atom stereocenters. The quantitative estimate of drug-likeness (QED) is 0.358. The second-order valence-corrected chi connectivity index (χ2v) is 1.60. The number of aliphatic hydroxyl groups excluding tert-OH is 1. The minimum Gasteiger partial charge on any atom is -1.00 e. The molecule has 50 valence electrons. The monoisotopic (exact) mass is 159 g/mol. The van der Waals surface area contributed by atoms with E-state index in [1.807, 2.05) is 0 Å². The van der Waals surface area contributed by atoms with Gasteiger partial charge in [-0.3, -0.25) is 4.79 Å². The van der Waals surface area contributed by atoms with E-state index in [1.165, 1.54) is 6.92 Å². The SMILES string of the molecule is CC(O)[C@H](N)C(=O)O.[H-].[K+]. The summed E-state index contributed by atoms with van der Waals surface area (Å²) in [7, 11) is 0. The largest absolute Gasteiger partial charge is 1.00 e. The van der Waals surface area contributed by atoms with Crippen LogP contribution in [-0.2, 0) is 4.79 Å². The Bertz CT molecular complexity index is 101. The molecule has 1 unspecified atom stereocenters. The molecule has 0 aliphatic carbocycles. The van der Waals surface area contributed by atoms with Crippen molar-refractivity contribution in [1.29, 1.82) is 0 Å². The third-order valence-corrected chi connectivity index (χ3v) is 0.805. The van der Waals surface area contributed by atoms with E-state index in [2.05, 4.69) is 0 Å². The average molecular weight is 159 g/mol. The van der Waals surface area contributed by atoms with Gasteiger partial charge in [-0.05, 0) is 6.92 Å². The molecule has 0 aromatic carbocycles. The fraction of sp³-hybridized carbons (Fsp3) is 0.750. The predicted octanol–water partition coefficient (Wildman–Crippen LogP) is -4.10. The van der Waals surface area contributed by atoms with Gasteiger partial charge in [-0.1, -0.05) is 0 Å². The van der Waals surface area contributed by atoms with Crippen LogP contribution >= 0.6 is 0 Å². The Balaban J connectivity index is -0.000000245. The number of nitrogens with two attached hydrogens (primary N) is 1. The molecule has 0 aliphatic rings. The second-order valence-electron chi connectivity index (χ2n) is 1.60. The van der Waals surface area contributed by atoms with E-state index in [1.54, 1.807) is 0 Å². The molecule has 9 heavy (non-hydrogen) atoms. The number of rotatable bonds is 2. The van der Waals surface area contributed by atoms with Crippen LogP contribution in [0.2, 0.25) is 0 Å². The molecule has 0 amide bonds. The predicted molar refractivity (Wildman–Crippen MR) is 28.4 cm³/mol. The van der Waals surface area contributed by atoms with Gasteiger partial charge in [0.15, 0.2) is 0 Å². The van der Waals surface area contributed by atoms with Gasteiger partial charge in [-0.15, -0.1) is 0 Å². The van der Waals surface area contributed by atoms with Crippen molar-refractivity contribution >= 4 is 5.97 Å². The number of hydrogen-bond donors (Lipinski definition) is 3. The molecule has 0 heterocycles. The van der Waals surface area contributed by atoms with Crippen LogP contribution in [0.5, 0.6) is 0 Å². The molecular weight excluding hydrogens is 149 g/mol. The molecule has 0 aliphatic heterocycles. The molecule has 4 nitrogen and oxygen atoms in total. The Morgan fingerprint density at radius 1 is 1.78 bits per heavy atom. The Hall–Kier alpha value is 1.03. The van der Waals surface area contributed by atoms with Crippen LogP contribution in [-0.4, -0.2) is 28.3 Å². The van der Waals surface area contributed by atoms with Gasteiger partial charge in [0.1, 0.15) is 6.04 Å². The summed E-state index contributed by atoms with van der Waals surface area (Å²) in [6, 6.07) is -1.16. The summed E-state index contributed by atoms with van der Waals surface area (Å²) in [5.74, 6) is -1.18. The Labute approximate surface area is 97.3 Å². The zero-order chi connectivity index (χ0) is 6.73. The van der Waals surface area contributed by atoms with Gasteiger partial charge in [-0.25, -0.2) is 0 Å². The first-order valence-electron chi connectivity index (χ1n) is 2.22. The second kappa shape index (κ2) is 5.78. The molecule has 0 saturated heterocycles. The maximum absolute atomic E-state index is 9.86. The van der Waals surface area contributed by atoms with Crippen LogP contribution < -0.4 is 57.1 Å². The molecule has 0 saturated carbocycles. The first kappa shape index (κ1) is 12.7. The van der Waals surface area contributed by atoms with Gasteiger partial charge in [0, 0.05) is 0 Å². The smallest absolute Gasteiger partial charge is 1.00 e. The first-order valence-corrected chi connectivity index (χ1v) is 2.22. The van der Waals surface area contributed by atoms with E-state index in [4.69, 9.17) is 15.9 Å². The number of carboxylic acid groups (broad SMARTS) is 1. The van der Waals surface area contributed by atoms with Gasteiger partial charge >= 0.3 is 57.4 Å². The van der Waals surface area contributed by atoms with Crippen molar-refractivity contribution in [1.82, 2.24) is 0 Å². The summed E-state index contributed by atoms with van der Waals surface area (Å²) < 4.78 is 0. The van der Waals surface area contributed by atoms with E-state index < -0.39 is 18.1 Å². The van der Waals surface area contributed by atoms with Gasteiger partial charge in [0.2, 0.25) is 0 Å². The molecule has 0 rings (SSSR count). The summed E-state index contributed by atoms with van der Waals surface area (Å²) in [5.41, 5.74) is 4.91. The fourth-order valence-corrected chi connectivity index (χ4v) is 0.206. The van der Waals surface area contributed by atoms with Crippen molar-refractivity contribution in [2.45, 2.75) is 19.1 Å². The first-order chi connectivity index (χ1) is 3.55. The van der Waals surface area contributed by atoms with Crippen molar-refractivity contribution in [2.24, 2.45) is 5.73 Å². The third-order valence-electron chi connectivity index (χ3n) is 0.805. The summed E-state index contributed by atoms with van der Waals surface area (Å²) in [5, 5.41) is 16.6. The molecule has 4 N–H and O–H groups in total. The van der Waals surface area contributed by atoms with E-state index in [0.717, 1.165) is 0 Å². The number of carboxylic acids is 1. The summed E-state index contributed by atoms with van der Waals surface area (Å²) in [6.07, 6.45) is -0.979. The van der Waals surface area contributed by atoms with Crippen LogP contribution in [0.15, 0.2) is 0 Å². The molecule has 0 aromatic heterocycles. The normalized spacial score (nSPS) is 15.4. The molecule has 0 fully saturated rings. The van der Waals surface area contributed by atoms with Crippen LogP contribution in [0.1, 0.15) is 8.35 Å². The molecular formula is C4H10KNO3. The van der Waals surface area contributed by atoms with Crippen molar-refractivity contribution < 1.29 is 67.8 Å². The number of carbonyl (C=O) groups is 1. The van der Waals surface area contributed by atoms with E-state index in [-0.39, 0.29) is 52.8 Å². The van der Waals surface area contributed by atoms with Gasteiger partial charge in [0.25, 0.3) is 0 Å². The van der Waals surface area contributed by atoms with Crippen molar-refractivity contribution in [3.63, 3.8) is 0 Å². The zero-order valence-corrected chi connectivity index (χ0v) is 8.66. The van der Waals surface area contributed by atoms with E-state index in [0.29, 0.717) is 0 Å². The summed E-state index contributed by atoms with van der Waals surface area (Å²) in [6.45, 7) is 1.33. The van der Waals surface area contributed by atoms with Crippen LogP contribution in [0.25, 0.3) is 0 Å². The standard InChI is InChI=1S/C4H9NO3.K.H/c1-2(6)3(5)4(7)8;;/h2-3,6H,5H2,1H3,(H,7,8);;/q;+1;-1/t2?,3-;;/m0../s1. The topological polar surface area (TPSA) is 83.5 Å². The van der Waals surface area contributed by atoms with Crippen molar-refractivity contribution in [3.05, 3.63) is 0 Å². The molecule has 0 radical (unpaired) electrons. The van der Waals surface area contributed by atoms with Gasteiger partial charge < -0.3 is 17.4 Å². The Morgan fingerprint density at radius 3 is 2.11 bits per heavy atom. The molecule has 5 heteroatoms. The number of aliphatic hydroxyl groups is 1. The molecule has 0 bridgehead atoms. The van der Waals surface area contributed by atoms with Crippen LogP contribution in [0.3, 0.4) is 0 Å². The average Bonchev–Trinajstić information content (AvgIpc) is 1.64. The van der Waals surface area contributed by atoms with Crippen LogP contribution in [0.4, 0.5) is 0 Å². The van der Waals surface area contributed by atoms with Crippen LogP contribution in [0, 0.1) is 0 Å². The third kappa shape index (κ3) is 5.47. The number of aliphatic carboxylic acids is 1. The Kier molecular flexibility index (Phi) is 8.15. The maximum Gasteiger partial charge on any atom is 1.00 e. The number of hydrogen-bond acceptors (Lipinski definition) is 3. The minimum absolute atomic E-state index is 0. The molecule has 0 aromatic rings.